The Labute approximate surface area is 137 Å². The van der Waals surface area contributed by atoms with E-state index in [-0.39, 0.29) is 5.56 Å². The van der Waals surface area contributed by atoms with Gasteiger partial charge in [0.05, 0.1) is 5.56 Å². The highest BCUT2D eigenvalue weighted by molar-refractivity contribution is 7.98. The summed E-state index contributed by atoms with van der Waals surface area (Å²) >= 11 is 1.54. The van der Waals surface area contributed by atoms with Crippen molar-refractivity contribution >= 4 is 17.7 Å². The summed E-state index contributed by atoms with van der Waals surface area (Å²) in [5.74, 6) is 0.487. The minimum atomic E-state index is -0.919. The molecular formula is C16H14N4O2S. The van der Waals surface area contributed by atoms with Crippen LogP contribution in [0.4, 0.5) is 0 Å². The Morgan fingerprint density at radius 1 is 1.17 bits per heavy atom. The molecule has 0 amide bonds. The first-order valence-electron chi connectivity index (χ1n) is 6.91. The second kappa shape index (κ2) is 6.62. The molecule has 3 aromatic rings. The van der Waals surface area contributed by atoms with Crippen molar-refractivity contribution in [1.82, 2.24) is 19.7 Å². The van der Waals surface area contributed by atoms with Gasteiger partial charge in [-0.2, -0.15) is 0 Å². The van der Waals surface area contributed by atoms with E-state index < -0.39 is 5.97 Å². The van der Waals surface area contributed by atoms with Crippen molar-refractivity contribution in [2.24, 2.45) is 7.05 Å². The average Bonchev–Trinajstić information content (AvgIpc) is 2.95. The molecule has 0 saturated heterocycles. The number of aromatic carboxylic acids is 1. The number of thioether (sulfide) groups is 1. The van der Waals surface area contributed by atoms with Gasteiger partial charge in [0.1, 0.15) is 5.69 Å². The first kappa shape index (κ1) is 15.2. The second-order valence-electron chi connectivity index (χ2n) is 4.87. The van der Waals surface area contributed by atoms with Gasteiger partial charge in [0.15, 0.2) is 11.0 Å². The van der Waals surface area contributed by atoms with Crippen molar-refractivity contribution < 1.29 is 9.90 Å². The van der Waals surface area contributed by atoms with E-state index in [1.54, 1.807) is 30.1 Å². The summed E-state index contributed by atoms with van der Waals surface area (Å²) in [6.45, 7) is 0. The summed E-state index contributed by atoms with van der Waals surface area (Å²) in [6.07, 6.45) is 1.72. The predicted molar refractivity (Wildman–Crippen MR) is 87.2 cm³/mol. The molecule has 0 fully saturated rings. The summed E-state index contributed by atoms with van der Waals surface area (Å²) in [6, 6.07) is 12.5. The molecule has 0 atom stereocenters. The number of carboxylic acid groups (broad SMARTS) is 1. The third-order valence-corrected chi connectivity index (χ3v) is 4.39. The van der Waals surface area contributed by atoms with Crippen molar-refractivity contribution in [3.63, 3.8) is 0 Å². The van der Waals surface area contributed by atoms with Crippen molar-refractivity contribution in [1.29, 1.82) is 0 Å². The molecule has 23 heavy (non-hydrogen) atoms. The van der Waals surface area contributed by atoms with E-state index >= 15 is 0 Å². The molecule has 1 N–H and O–H groups in total. The van der Waals surface area contributed by atoms with Crippen LogP contribution < -0.4 is 0 Å². The van der Waals surface area contributed by atoms with E-state index in [4.69, 9.17) is 5.11 Å². The van der Waals surface area contributed by atoms with E-state index in [9.17, 15) is 4.79 Å². The van der Waals surface area contributed by atoms with Crippen LogP contribution in [0.15, 0.2) is 53.8 Å². The van der Waals surface area contributed by atoms with Crippen molar-refractivity contribution in [2.45, 2.75) is 10.9 Å². The second-order valence-corrected chi connectivity index (χ2v) is 5.81. The average molecular weight is 326 g/mol. The molecule has 0 radical (unpaired) electrons. The summed E-state index contributed by atoms with van der Waals surface area (Å²) in [4.78, 5) is 15.1. The Bertz CT molecular complexity index is 816. The number of aromatic nitrogens is 4. The van der Waals surface area contributed by atoms with Crippen LogP contribution in [0.3, 0.4) is 0 Å². The van der Waals surface area contributed by atoms with Gasteiger partial charge in [-0.15, -0.1) is 10.2 Å². The van der Waals surface area contributed by atoms with Gasteiger partial charge in [-0.1, -0.05) is 30.0 Å². The van der Waals surface area contributed by atoms with Gasteiger partial charge < -0.3 is 9.67 Å². The molecule has 6 nitrogen and oxygen atoms in total. The number of hydrogen-bond donors (Lipinski definition) is 1. The zero-order valence-electron chi connectivity index (χ0n) is 12.4. The maximum absolute atomic E-state index is 10.8. The number of benzene rings is 1. The number of nitrogens with zero attached hydrogens (tertiary/aromatic N) is 4. The molecule has 1 aromatic carbocycles. The highest BCUT2D eigenvalue weighted by atomic mass is 32.2. The van der Waals surface area contributed by atoms with Crippen LogP contribution in [0.1, 0.15) is 15.9 Å². The minimum Gasteiger partial charge on any atom is -0.478 e. The number of hydrogen-bond acceptors (Lipinski definition) is 5. The normalized spacial score (nSPS) is 10.7. The fourth-order valence-electron chi connectivity index (χ4n) is 2.05. The van der Waals surface area contributed by atoms with Crippen molar-refractivity contribution in [3.05, 3.63) is 59.8 Å². The standard InChI is InChI=1S/C16H14N4O2S/c1-20-14(13-4-2-3-9-17-13)18-19-16(20)23-10-11-5-7-12(8-6-11)15(21)22/h2-9H,10H2,1H3,(H,21,22). The van der Waals surface area contributed by atoms with E-state index in [0.29, 0.717) is 11.6 Å². The first-order valence-corrected chi connectivity index (χ1v) is 7.89. The molecule has 116 valence electrons. The smallest absolute Gasteiger partial charge is 0.335 e. The third-order valence-electron chi connectivity index (χ3n) is 3.30. The van der Waals surface area contributed by atoms with Gasteiger partial charge in [0.2, 0.25) is 0 Å². The Hall–Kier alpha value is -2.67. The Morgan fingerprint density at radius 3 is 2.61 bits per heavy atom. The van der Waals surface area contributed by atoms with E-state index in [1.165, 1.54) is 0 Å². The van der Waals surface area contributed by atoms with E-state index in [0.717, 1.165) is 16.4 Å². The third kappa shape index (κ3) is 3.40. The lowest BCUT2D eigenvalue weighted by atomic mass is 10.1. The molecule has 0 saturated carbocycles. The summed E-state index contributed by atoms with van der Waals surface area (Å²) in [5, 5.41) is 18.1. The van der Waals surface area contributed by atoms with Crippen molar-refractivity contribution in [2.75, 3.05) is 0 Å². The van der Waals surface area contributed by atoms with Crippen LogP contribution >= 0.6 is 11.8 Å². The van der Waals surface area contributed by atoms with E-state index in [1.807, 2.05) is 41.9 Å². The Morgan fingerprint density at radius 2 is 1.96 bits per heavy atom. The number of rotatable bonds is 5. The van der Waals surface area contributed by atoms with Gasteiger partial charge in [-0.3, -0.25) is 4.98 Å². The highest BCUT2D eigenvalue weighted by Gasteiger charge is 2.12. The lowest BCUT2D eigenvalue weighted by Crippen LogP contribution is -1.97. The maximum Gasteiger partial charge on any atom is 0.335 e. The molecule has 0 spiro atoms. The summed E-state index contributed by atoms with van der Waals surface area (Å²) in [5.41, 5.74) is 2.09. The SMILES string of the molecule is Cn1c(SCc2ccc(C(=O)O)cc2)nnc1-c1ccccn1. The predicted octanol–water partition coefficient (Wildman–Crippen LogP) is 2.87. The lowest BCUT2D eigenvalue weighted by molar-refractivity contribution is 0.0697. The largest absolute Gasteiger partial charge is 0.478 e. The number of carboxylic acids is 1. The first-order chi connectivity index (χ1) is 11.1. The van der Waals surface area contributed by atoms with Gasteiger partial charge in [0, 0.05) is 19.0 Å². The van der Waals surface area contributed by atoms with Crippen LogP contribution in [0.25, 0.3) is 11.5 Å². The van der Waals surface area contributed by atoms with Gasteiger partial charge >= 0.3 is 5.97 Å². The van der Waals surface area contributed by atoms with Gasteiger partial charge in [-0.05, 0) is 29.8 Å². The van der Waals surface area contributed by atoms with E-state index in [2.05, 4.69) is 15.2 Å². The Balaban J connectivity index is 1.72. The molecule has 0 unspecified atom stereocenters. The maximum atomic E-state index is 10.8. The molecule has 2 aromatic heterocycles. The molecule has 2 heterocycles. The lowest BCUT2D eigenvalue weighted by Gasteiger charge is -2.04. The van der Waals surface area contributed by atoms with Crippen LogP contribution in [0.5, 0.6) is 0 Å². The number of pyridine rings is 1. The zero-order valence-corrected chi connectivity index (χ0v) is 13.2. The Kier molecular flexibility index (Phi) is 4.38. The molecule has 0 aliphatic rings. The fraction of sp³-hybridized carbons (Fsp3) is 0.125. The molecular weight excluding hydrogens is 312 g/mol. The van der Waals surface area contributed by atoms with Crippen LogP contribution in [-0.2, 0) is 12.8 Å². The zero-order chi connectivity index (χ0) is 16.2. The van der Waals surface area contributed by atoms with Gasteiger partial charge in [0.25, 0.3) is 0 Å². The van der Waals surface area contributed by atoms with Crippen molar-refractivity contribution in [3.8, 4) is 11.5 Å². The van der Waals surface area contributed by atoms with Crippen LogP contribution in [-0.4, -0.2) is 30.8 Å². The molecule has 0 aliphatic carbocycles. The molecule has 0 aliphatic heterocycles. The minimum absolute atomic E-state index is 0.287. The molecule has 3 rings (SSSR count). The van der Waals surface area contributed by atoms with Gasteiger partial charge in [-0.25, -0.2) is 4.79 Å². The quantitative estimate of drug-likeness (QED) is 0.726. The number of carbonyl (C=O) groups is 1. The summed E-state index contributed by atoms with van der Waals surface area (Å²) < 4.78 is 1.90. The topological polar surface area (TPSA) is 80.9 Å². The highest BCUT2D eigenvalue weighted by Crippen LogP contribution is 2.24. The summed E-state index contributed by atoms with van der Waals surface area (Å²) in [7, 11) is 1.90. The fourth-order valence-corrected chi connectivity index (χ4v) is 2.92. The molecule has 7 heteroatoms. The monoisotopic (exact) mass is 326 g/mol. The van der Waals surface area contributed by atoms with Crippen LogP contribution in [0, 0.1) is 0 Å². The van der Waals surface area contributed by atoms with Crippen LogP contribution in [0.2, 0.25) is 0 Å². The molecule has 0 bridgehead atoms.